The first kappa shape index (κ1) is 18.5. The lowest BCUT2D eigenvalue weighted by Crippen LogP contribution is -2.21. The van der Waals surface area contributed by atoms with Crippen molar-refractivity contribution in [1.29, 1.82) is 0 Å². The minimum Gasteiger partial charge on any atom is -0.461 e. The minimum absolute atomic E-state index is 0.0863. The highest BCUT2D eigenvalue weighted by molar-refractivity contribution is 5.99. The van der Waals surface area contributed by atoms with Gasteiger partial charge in [0.05, 0.1) is 12.0 Å². The molecule has 0 aliphatic rings. The second kappa shape index (κ2) is 8.87. The van der Waals surface area contributed by atoms with Gasteiger partial charge in [0.25, 0.3) is 0 Å². The van der Waals surface area contributed by atoms with Gasteiger partial charge < -0.3 is 4.74 Å². The van der Waals surface area contributed by atoms with Crippen molar-refractivity contribution >= 4 is 11.8 Å². The first-order valence-electron chi connectivity index (χ1n) is 7.81. The highest BCUT2D eigenvalue weighted by Gasteiger charge is 2.25. The van der Waals surface area contributed by atoms with Crippen LogP contribution in [0.1, 0.15) is 28.8 Å². The number of rotatable bonds is 8. The summed E-state index contributed by atoms with van der Waals surface area (Å²) >= 11 is 0. The first-order valence-corrected chi connectivity index (χ1v) is 7.81. The van der Waals surface area contributed by atoms with Gasteiger partial charge in [-0.1, -0.05) is 36.4 Å². The number of hydrogen-bond donors (Lipinski definition) is 0. The van der Waals surface area contributed by atoms with E-state index >= 15 is 0 Å². The predicted octanol–water partition coefficient (Wildman–Crippen LogP) is 4.47. The molecule has 2 rings (SSSR count). The van der Waals surface area contributed by atoms with E-state index < -0.39 is 29.3 Å². The van der Waals surface area contributed by atoms with Crippen molar-refractivity contribution in [2.75, 3.05) is 0 Å². The SMILES string of the molecule is C=CCC(CC(=O)OCc1ccccc1)C(=O)c1cc(F)ccc1F. The maximum absolute atomic E-state index is 13.8. The summed E-state index contributed by atoms with van der Waals surface area (Å²) in [6.07, 6.45) is 1.40. The summed E-state index contributed by atoms with van der Waals surface area (Å²) in [6, 6.07) is 11.8. The van der Waals surface area contributed by atoms with E-state index in [0.717, 1.165) is 23.8 Å². The maximum Gasteiger partial charge on any atom is 0.306 e. The van der Waals surface area contributed by atoms with E-state index in [4.69, 9.17) is 4.74 Å². The van der Waals surface area contributed by atoms with Crippen molar-refractivity contribution in [2.24, 2.45) is 5.92 Å². The Labute approximate surface area is 144 Å². The summed E-state index contributed by atoms with van der Waals surface area (Å²) < 4.78 is 32.2. The fourth-order valence-electron chi connectivity index (χ4n) is 2.39. The van der Waals surface area contributed by atoms with Crippen LogP contribution >= 0.6 is 0 Å². The van der Waals surface area contributed by atoms with Crippen LogP contribution in [-0.4, -0.2) is 11.8 Å². The smallest absolute Gasteiger partial charge is 0.306 e. The highest BCUT2D eigenvalue weighted by Crippen LogP contribution is 2.21. The third-order valence-electron chi connectivity index (χ3n) is 3.67. The van der Waals surface area contributed by atoms with Crippen LogP contribution in [0.4, 0.5) is 8.78 Å². The number of allylic oxidation sites excluding steroid dienone is 1. The van der Waals surface area contributed by atoms with Gasteiger partial charge in [0, 0.05) is 5.92 Å². The molecule has 0 spiro atoms. The number of Topliss-reactive ketones (excluding diaryl/α,β-unsaturated/α-hetero) is 1. The molecule has 0 aliphatic carbocycles. The molecule has 1 atom stereocenters. The van der Waals surface area contributed by atoms with Gasteiger partial charge in [-0.25, -0.2) is 8.78 Å². The Kier molecular flexibility index (Phi) is 6.57. The standard InChI is InChI=1S/C20H18F2O3/c1-2-6-15(20(24)17-12-16(21)9-10-18(17)22)11-19(23)25-13-14-7-4-3-5-8-14/h2-5,7-10,12,15H,1,6,11,13H2. The number of carbonyl (C=O) groups is 2. The van der Waals surface area contributed by atoms with Crippen molar-refractivity contribution in [3.63, 3.8) is 0 Å². The lowest BCUT2D eigenvalue weighted by Gasteiger charge is -2.14. The minimum atomic E-state index is -0.850. The van der Waals surface area contributed by atoms with E-state index in [1.807, 2.05) is 30.3 Å². The Balaban J connectivity index is 2.04. The molecule has 130 valence electrons. The summed E-state index contributed by atoms with van der Waals surface area (Å²) in [5.41, 5.74) is 0.446. The zero-order chi connectivity index (χ0) is 18.2. The molecule has 0 radical (unpaired) electrons. The number of hydrogen-bond acceptors (Lipinski definition) is 3. The first-order chi connectivity index (χ1) is 12.0. The number of halogens is 2. The third kappa shape index (κ3) is 5.35. The topological polar surface area (TPSA) is 43.4 Å². The van der Waals surface area contributed by atoms with Crippen LogP contribution < -0.4 is 0 Å². The van der Waals surface area contributed by atoms with Crippen LogP contribution in [0, 0.1) is 17.6 Å². The van der Waals surface area contributed by atoms with E-state index in [2.05, 4.69) is 6.58 Å². The van der Waals surface area contributed by atoms with Crippen LogP contribution in [-0.2, 0) is 16.1 Å². The molecular formula is C20H18F2O3. The van der Waals surface area contributed by atoms with Crippen molar-refractivity contribution in [3.05, 3.63) is 83.9 Å². The molecule has 2 aromatic rings. The maximum atomic E-state index is 13.8. The van der Waals surface area contributed by atoms with Crippen LogP contribution in [0.2, 0.25) is 0 Å². The zero-order valence-electron chi connectivity index (χ0n) is 13.6. The summed E-state index contributed by atoms with van der Waals surface area (Å²) in [7, 11) is 0. The largest absolute Gasteiger partial charge is 0.461 e. The van der Waals surface area contributed by atoms with Gasteiger partial charge in [0.1, 0.15) is 18.2 Å². The lowest BCUT2D eigenvalue weighted by atomic mass is 9.91. The normalized spacial score (nSPS) is 11.6. The van der Waals surface area contributed by atoms with Crippen molar-refractivity contribution < 1.29 is 23.1 Å². The van der Waals surface area contributed by atoms with E-state index in [1.54, 1.807) is 0 Å². The van der Waals surface area contributed by atoms with Crippen molar-refractivity contribution in [3.8, 4) is 0 Å². The van der Waals surface area contributed by atoms with E-state index in [9.17, 15) is 18.4 Å². The number of carbonyl (C=O) groups excluding carboxylic acids is 2. The van der Waals surface area contributed by atoms with Gasteiger partial charge >= 0.3 is 5.97 Å². The summed E-state index contributed by atoms with van der Waals surface area (Å²) in [5.74, 6) is -3.61. The zero-order valence-corrected chi connectivity index (χ0v) is 13.6. The Morgan fingerprint density at radius 1 is 1.12 bits per heavy atom. The molecule has 3 nitrogen and oxygen atoms in total. The van der Waals surface area contributed by atoms with Gasteiger partial charge in [-0.3, -0.25) is 9.59 Å². The molecule has 0 aliphatic heterocycles. The number of ketones is 1. The molecular weight excluding hydrogens is 326 g/mol. The average molecular weight is 344 g/mol. The van der Waals surface area contributed by atoms with E-state index in [-0.39, 0.29) is 25.0 Å². The molecule has 0 bridgehead atoms. The molecule has 0 saturated heterocycles. The van der Waals surface area contributed by atoms with Crippen LogP contribution in [0.5, 0.6) is 0 Å². The highest BCUT2D eigenvalue weighted by atomic mass is 19.1. The molecule has 25 heavy (non-hydrogen) atoms. The Morgan fingerprint density at radius 3 is 2.52 bits per heavy atom. The lowest BCUT2D eigenvalue weighted by molar-refractivity contribution is -0.145. The Bertz CT molecular complexity index is 757. The monoisotopic (exact) mass is 344 g/mol. The van der Waals surface area contributed by atoms with Crippen LogP contribution in [0.25, 0.3) is 0 Å². The van der Waals surface area contributed by atoms with Crippen LogP contribution in [0.3, 0.4) is 0 Å². The molecule has 5 heteroatoms. The summed E-state index contributed by atoms with van der Waals surface area (Å²) in [5, 5.41) is 0. The number of esters is 1. The fourth-order valence-corrected chi connectivity index (χ4v) is 2.39. The predicted molar refractivity (Wildman–Crippen MR) is 89.8 cm³/mol. The number of benzene rings is 2. The van der Waals surface area contributed by atoms with Crippen LogP contribution in [0.15, 0.2) is 61.2 Å². The van der Waals surface area contributed by atoms with Crippen molar-refractivity contribution in [1.82, 2.24) is 0 Å². The molecule has 0 saturated carbocycles. The van der Waals surface area contributed by atoms with Crippen molar-refractivity contribution in [2.45, 2.75) is 19.4 Å². The van der Waals surface area contributed by atoms with Gasteiger partial charge in [0.2, 0.25) is 0 Å². The second-order valence-electron chi connectivity index (χ2n) is 5.56. The Hall–Kier alpha value is -2.82. The molecule has 0 fully saturated rings. The fraction of sp³-hybridized carbons (Fsp3) is 0.200. The van der Waals surface area contributed by atoms with E-state index in [1.165, 1.54) is 6.08 Å². The van der Waals surface area contributed by atoms with Gasteiger partial charge in [-0.2, -0.15) is 0 Å². The molecule has 1 unspecified atom stereocenters. The quantitative estimate of drug-likeness (QED) is 0.403. The average Bonchev–Trinajstić information content (AvgIpc) is 2.62. The van der Waals surface area contributed by atoms with E-state index in [0.29, 0.717) is 0 Å². The van der Waals surface area contributed by atoms with Gasteiger partial charge in [-0.05, 0) is 30.2 Å². The summed E-state index contributed by atoms with van der Waals surface area (Å²) in [4.78, 5) is 24.5. The second-order valence-corrected chi connectivity index (χ2v) is 5.56. The molecule has 0 aromatic heterocycles. The molecule has 2 aromatic carbocycles. The van der Waals surface area contributed by atoms with Gasteiger partial charge in [0.15, 0.2) is 5.78 Å². The van der Waals surface area contributed by atoms with Gasteiger partial charge in [-0.15, -0.1) is 6.58 Å². The molecule has 0 N–H and O–H groups in total. The Morgan fingerprint density at radius 2 is 1.84 bits per heavy atom. The molecule has 0 amide bonds. The molecule has 0 heterocycles. The third-order valence-corrected chi connectivity index (χ3v) is 3.67. The number of ether oxygens (including phenoxy) is 1. The summed E-state index contributed by atoms with van der Waals surface area (Å²) in [6.45, 7) is 3.63.